The van der Waals surface area contributed by atoms with E-state index in [-0.39, 0.29) is 11.9 Å². The summed E-state index contributed by atoms with van der Waals surface area (Å²) >= 11 is 0. The van der Waals surface area contributed by atoms with Gasteiger partial charge in [-0.1, -0.05) is 20.8 Å². The summed E-state index contributed by atoms with van der Waals surface area (Å²) < 4.78 is 4.81. The Bertz CT molecular complexity index is 363. The van der Waals surface area contributed by atoms with E-state index in [0.29, 0.717) is 41.8 Å². The van der Waals surface area contributed by atoms with Crippen LogP contribution in [0.15, 0.2) is 0 Å². The maximum atomic E-state index is 12.3. The lowest BCUT2D eigenvalue weighted by molar-refractivity contribution is -0.153. The molecule has 0 amide bonds. The SMILES string of the molecule is COC(=O)CC1C(C)C(C)C1C1C(=O)CCCC1C. The fourth-order valence-electron chi connectivity index (χ4n) is 4.38. The van der Waals surface area contributed by atoms with Gasteiger partial charge in [0, 0.05) is 18.8 Å². The Morgan fingerprint density at radius 1 is 1.26 bits per heavy atom. The standard InChI is InChI=1S/C16H26O3/c1-9-6-5-7-13(17)15(9)16-11(3)10(2)12(16)8-14(18)19-4/h9-12,15-16H,5-8H2,1-4H3. The Labute approximate surface area is 116 Å². The molecule has 0 bridgehead atoms. The molecule has 0 aromatic heterocycles. The van der Waals surface area contributed by atoms with E-state index in [2.05, 4.69) is 20.8 Å². The van der Waals surface area contributed by atoms with Crippen molar-refractivity contribution in [2.45, 2.75) is 46.5 Å². The highest BCUT2D eigenvalue weighted by Crippen LogP contribution is 2.54. The van der Waals surface area contributed by atoms with Gasteiger partial charge in [-0.25, -0.2) is 0 Å². The van der Waals surface area contributed by atoms with E-state index >= 15 is 0 Å². The van der Waals surface area contributed by atoms with Crippen LogP contribution in [0.5, 0.6) is 0 Å². The first-order chi connectivity index (χ1) is 8.97. The Morgan fingerprint density at radius 3 is 2.53 bits per heavy atom. The Balaban J connectivity index is 2.11. The molecule has 19 heavy (non-hydrogen) atoms. The van der Waals surface area contributed by atoms with E-state index in [1.54, 1.807) is 0 Å². The van der Waals surface area contributed by atoms with Gasteiger partial charge >= 0.3 is 5.97 Å². The van der Waals surface area contributed by atoms with Crippen LogP contribution in [0.2, 0.25) is 0 Å². The first-order valence-electron chi connectivity index (χ1n) is 7.56. The number of esters is 1. The van der Waals surface area contributed by atoms with Crippen LogP contribution in [0.3, 0.4) is 0 Å². The second-order valence-corrected chi connectivity index (χ2v) is 6.60. The maximum Gasteiger partial charge on any atom is 0.305 e. The molecular weight excluding hydrogens is 240 g/mol. The summed E-state index contributed by atoms with van der Waals surface area (Å²) in [5, 5.41) is 0. The number of Topliss-reactive ketones (excluding diaryl/α,β-unsaturated/α-hetero) is 1. The predicted octanol–water partition coefficient (Wildman–Crippen LogP) is 3.07. The summed E-state index contributed by atoms with van der Waals surface area (Å²) in [6.45, 7) is 6.64. The number of hydrogen-bond acceptors (Lipinski definition) is 3. The highest BCUT2D eigenvalue weighted by atomic mass is 16.5. The zero-order valence-corrected chi connectivity index (χ0v) is 12.5. The minimum Gasteiger partial charge on any atom is -0.469 e. The third-order valence-corrected chi connectivity index (χ3v) is 5.72. The van der Waals surface area contributed by atoms with Crippen molar-refractivity contribution in [3.63, 3.8) is 0 Å². The van der Waals surface area contributed by atoms with Crippen molar-refractivity contribution < 1.29 is 14.3 Å². The molecule has 2 aliphatic carbocycles. The Kier molecular flexibility index (Phi) is 4.32. The number of rotatable bonds is 3. The van der Waals surface area contributed by atoms with Crippen molar-refractivity contribution in [3.05, 3.63) is 0 Å². The molecule has 2 rings (SSSR count). The molecule has 108 valence electrons. The molecule has 6 atom stereocenters. The highest BCUT2D eigenvalue weighted by Gasteiger charge is 2.52. The number of ether oxygens (including phenoxy) is 1. The van der Waals surface area contributed by atoms with Gasteiger partial charge in [-0.2, -0.15) is 0 Å². The molecule has 0 saturated heterocycles. The maximum absolute atomic E-state index is 12.3. The number of carbonyl (C=O) groups excluding carboxylic acids is 2. The fourth-order valence-corrected chi connectivity index (χ4v) is 4.38. The molecule has 2 saturated carbocycles. The summed E-state index contributed by atoms with van der Waals surface area (Å²) in [5.41, 5.74) is 0. The van der Waals surface area contributed by atoms with Crippen molar-refractivity contribution in [1.29, 1.82) is 0 Å². The summed E-state index contributed by atoms with van der Waals surface area (Å²) in [5.74, 6) is 2.72. The molecule has 3 nitrogen and oxygen atoms in total. The van der Waals surface area contributed by atoms with E-state index in [1.165, 1.54) is 7.11 Å². The van der Waals surface area contributed by atoms with Crippen molar-refractivity contribution in [2.24, 2.45) is 35.5 Å². The molecule has 0 aromatic rings. The van der Waals surface area contributed by atoms with E-state index in [9.17, 15) is 9.59 Å². The summed E-state index contributed by atoms with van der Waals surface area (Å²) in [4.78, 5) is 23.8. The molecule has 0 radical (unpaired) electrons. The average molecular weight is 266 g/mol. The lowest BCUT2D eigenvalue weighted by Crippen LogP contribution is -2.52. The molecule has 0 heterocycles. The van der Waals surface area contributed by atoms with E-state index in [1.807, 2.05) is 0 Å². The summed E-state index contributed by atoms with van der Waals surface area (Å²) in [7, 11) is 1.44. The third kappa shape index (κ3) is 2.56. The van der Waals surface area contributed by atoms with E-state index < -0.39 is 0 Å². The van der Waals surface area contributed by atoms with Crippen molar-refractivity contribution in [2.75, 3.05) is 7.11 Å². The van der Waals surface area contributed by atoms with Gasteiger partial charge in [0.1, 0.15) is 5.78 Å². The minimum atomic E-state index is -0.135. The highest BCUT2D eigenvalue weighted by molar-refractivity contribution is 5.82. The first-order valence-corrected chi connectivity index (χ1v) is 7.56. The number of hydrogen-bond donors (Lipinski definition) is 0. The number of methoxy groups -OCH3 is 1. The molecule has 0 N–H and O–H groups in total. The quantitative estimate of drug-likeness (QED) is 0.737. The van der Waals surface area contributed by atoms with E-state index in [0.717, 1.165) is 19.3 Å². The van der Waals surface area contributed by atoms with Gasteiger partial charge in [0.15, 0.2) is 0 Å². The summed E-state index contributed by atoms with van der Waals surface area (Å²) in [6, 6.07) is 0. The van der Waals surface area contributed by atoms with Gasteiger partial charge in [0.05, 0.1) is 7.11 Å². The van der Waals surface area contributed by atoms with Crippen LogP contribution in [0.25, 0.3) is 0 Å². The average Bonchev–Trinajstić information content (AvgIpc) is 2.40. The molecular formula is C16H26O3. The largest absolute Gasteiger partial charge is 0.469 e. The second-order valence-electron chi connectivity index (χ2n) is 6.60. The van der Waals surface area contributed by atoms with Gasteiger partial charge in [0.25, 0.3) is 0 Å². The molecule has 0 aromatic carbocycles. The molecule has 2 fully saturated rings. The van der Waals surface area contributed by atoms with Crippen molar-refractivity contribution in [3.8, 4) is 0 Å². The van der Waals surface area contributed by atoms with Crippen LogP contribution in [0.4, 0.5) is 0 Å². The van der Waals surface area contributed by atoms with Crippen LogP contribution in [-0.2, 0) is 14.3 Å². The van der Waals surface area contributed by atoms with E-state index in [4.69, 9.17) is 4.74 Å². The van der Waals surface area contributed by atoms with Crippen molar-refractivity contribution >= 4 is 11.8 Å². The molecule has 0 spiro atoms. The predicted molar refractivity (Wildman–Crippen MR) is 73.5 cm³/mol. The Morgan fingerprint density at radius 2 is 1.95 bits per heavy atom. The second kappa shape index (κ2) is 5.64. The van der Waals surface area contributed by atoms with Crippen LogP contribution in [0, 0.1) is 35.5 Å². The van der Waals surface area contributed by atoms with Gasteiger partial charge in [-0.05, 0) is 42.4 Å². The summed E-state index contributed by atoms with van der Waals surface area (Å²) in [6.07, 6.45) is 3.40. The monoisotopic (exact) mass is 266 g/mol. The topological polar surface area (TPSA) is 43.4 Å². The first kappa shape index (κ1) is 14.5. The van der Waals surface area contributed by atoms with Crippen LogP contribution in [0.1, 0.15) is 46.5 Å². The smallest absolute Gasteiger partial charge is 0.305 e. The zero-order valence-electron chi connectivity index (χ0n) is 12.5. The van der Waals surface area contributed by atoms with Crippen LogP contribution < -0.4 is 0 Å². The lowest BCUT2D eigenvalue weighted by atomic mass is 9.50. The normalized spacial score (nSPS) is 42.6. The van der Waals surface area contributed by atoms with Crippen LogP contribution in [-0.4, -0.2) is 18.9 Å². The zero-order chi connectivity index (χ0) is 14.2. The number of carbonyl (C=O) groups is 2. The van der Waals surface area contributed by atoms with Gasteiger partial charge in [-0.3, -0.25) is 9.59 Å². The molecule has 2 aliphatic rings. The van der Waals surface area contributed by atoms with Gasteiger partial charge in [-0.15, -0.1) is 0 Å². The molecule has 0 aliphatic heterocycles. The van der Waals surface area contributed by atoms with Gasteiger partial charge < -0.3 is 4.74 Å². The third-order valence-electron chi connectivity index (χ3n) is 5.72. The molecule has 3 heteroatoms. The van der Waals surface area contributed by atoms with Crippen LogP contribution >= 0.6 is 0 Å². The minimum absolute atomic E-state index is 0.135. The van der Waals surface area contributed by atoms with Crippen molar-refractivity contribution in [1.82, 2.24) is 0 Å². The lowest BCUT2D eigenvalue weighted by Gasteiger charge is -2.54. The van der Waals surface area contributed by atoms with Gasteiger partial charge in [0.2, 0.25) is 0 Å². The number of ketones is 1. The fraction of sp³-hybridized carbons (Fsp3) is 0.875. The molecule has 6 unspecified atom stereocenters. The Hall–Kier alpha value is -0.860.